The van der Waals surface area contributed by atoms with Gasteiger partial charge in [-0.2, -0.15) is 5.26 Å². The number of carbonyl (C=O) groups excluding carboxylic acids is 3. The fourth-order valence-electron chi connectivity index (χ4n) is 2.80. The van der Waals surface area contributed by atoms with Gasteiger partial charge in [-0.3, -0.25) is 14.4 Å². The molecule has 7 nitrogen and oxygen atoms in total. The van der Waals surface area contributed by atoms with Crippen molar-refractivity contribution in [2.45, 2.75) is 31.8 Å². The van der Waals surface area contributed by atoms with E-state index >= 15 is 0 Å². The van der Waals surface area contributed by atoms with Crippen molar-refractivity contribution in [2.75, 3.05) is 0 Å². The number of nitrogens with zero attached hydrogens (tertiary/aromatic N) is 1. The van der Waals surface area contributed by atoms with Crippen molar-refractivity contribution < 1.29 is 14.4 Å². The van der Waals surface area contributed by atoms with Crippen LogP contribution in [0.4, 0.5) is 0 Å². The molecule has 0 saturated carbocycles. The van der Waals surface area contributed by atoms with Crippen molar-refractivity contribution in [1.29, 1.82) is 5.26 Å². The van der Waals surface area contributed by atoms with Gasteiger partial charge in [0.05, 0.1) is 11.6 Å². The molecule has 2 atom stereocenters. The second kappa shape index (κ2) is 9.88. The molecule has 0 aliphatic rings. The number of nitrogens with one attached hydrogen (secondary N) is 2. The summed E-state index contributed by atoms with van der Waals surface area (Å²) in [7, 11) is 0. The van der Waals surface area contributed by atoms with Crippen LogP contribution in [0.25, 0.3) is 0 Å². The number of hydrogen-bond acceptors (Lipinski definition) is 4. The molecule has 7 heteroatoms. The predicted molar refractivity (Wildman–Crippen MR) is 104 cm³/mol. The minimum Gasteiger partial charge on any atom is -0.368 e. The molecular formula is C21H22N4O3. The van der Waals surface area contributed by atoms with E-state index in [9.17, 15) is 14.4 Å². The van der Waals surface area contributed by atoms with E-state index in [1.165, 1.54) is 6.92 Å². The molecule has 3 amide bonds. The first-order chi connectivity index (χ1) is 13.4. The van der Waals surface area contributed by atoms with E-state index in [1.54, 1.807) is 24.3 Å². The van der Waals surface area contributed by atoms with Crippen LogP contribution >= 0.6 is 0 Å². The van der Waals surface area contributed by atoms with Crippen LogP contribution in [0.5, 0.6) is 0 Å². The van der Waals surface area contributed by atoms with Gasteiger partial charge >= 0.3 is 0 Å². The van der Waals surface area contributed by atoms with E-state index in [0.717, 1.165) is 5.56 Å². The highest BCUT2D eigenvalue weighted by Crippen LogP contribution is 2.09. The average molecular weight is 378 g/mol. The molecule has 0 radical (unpaired) electrons. The van der Waals surface area contributed by atoms with Gasteiger partial charge in [0.1, 0.15) is 12.1 Å². The Morgan fingerprint density at radius 2 is 1.61 bits per heavy atom. The van der Waals surface area contributed by atoms with Crippen molar-refractivity contribution in [3.8, 4) is 6.07 Å². The van der Waals surface area contributed by atoms with Gasteiger partial charge in [0, 0.05) is 19.8 Å². The lowest BCUT2D eigenvalue weighted by Crippen LogP contribution is -2.54. The molecule has 0 fully saturated rings. The Kier molecular flexibility index (Phi) is 7.28. The molecule has 144 valence electrons. The van der Waals surface area contributed by atoms with Gasteiger partial charge in [0.25, 0.3) is 0 Å². The number of carbonyl (C=O) groups is 3. The van der Waals surface area contributed by atoms with E-state index in [2.05, 4.69) is 10.6 Å². The topological polar surface area (TPSA) is 125 Å². The first kappa shape index (κ1) is 20.6. The molecule has 2 aromatic carbocycles. The zero-order chi connectivity index (χ0) is 20.5. The first-order valence-electron chi connectivity index (χ1n) is 8.79. The molecule has 0 aliphatic carbocycles. The van der Waals surface area contributed by atoms with Crippen LogP contribution < -0.4 is 16.4 Å². The third-order valence-corrected chi connectivity index (χ3v) is 4.13. The van der Waals surface area contributed by atoms with Gasteiger partial charge in [-0.15, -0.1) is 0 Å². The number of primary amides is 1. The minimum atomic E-state index is -0.964. The summed E-state index contributed by atoms with van der Waals surface area (Å²) in [5.74, 6) is -1.55. The van der Waals surface area contributed by atoms with Gasteiger partial charge < -0.3 is 16.4 Å². The summed E-state index contributed by atoms with van der Waals surface area (Å²) in [4.78, 5) is 36.1. The summed E-state index contributed by atoms with van der Waals surface area (Å²) in [5.41, 5.74) is 7.47. The molecule has 2 rings (SSSR count). The van der Waals surface area contributed by atoms with Gasteiger partial charge in [-0.1, -0.05) is 42.5 Å². The normalized spacial score (nSPS) is 12.3. The SMILES string of the molecule is CC(=O)N[C@H](Cc1ccccc1)C(=O)N[C@H](Cc1cccc(C#N)c1)C(N)=O. The summed E-state index contributed by atoms with van der Waals surface area (Å²) in [6, 6.07) is 16.2. The average Bonchev–Trinajstić information content (AvgIpc) is 2.67. The number of benzene rings is 2. The fourth-order valence-corrected chi connectivity index (χ4v) is 2.80. The highest BCUT2D eigenvalue weighted by atomic mass is 16.2. The van der Waals surface area contributed by atoms with Crippen molar-refractivity contribution in [2.24, 2.45) is 5.73 Å². The smallest absolute Gasteiger partial charge is 0.243 e. The lowest BCUT2D eigenvalue weighted by atomic mass is 10.0. The molecule has 0 unspecified atom stereocenters. The van der Waals surface area contributed by atoms with Crippen LogP contribution in [-0.4, -0.2) is 29.8 Å². The van der Waals surface area contributed by atoms with E-state index in [4.69, 9.17) is 11.0 Å². The lowest BCUT2D eigenvalue weighted by Gasteiger charge is -2.22. The summed E-state index contributed by atoms with van der Waals surface area (Å²) in [6.45, 7) is 1.32. The van der Waals surface area contributed by atoms with E-state index in [-0.39, 0.29) is 18.7 Å². The standard InChI is InChI=1S/C21H22N4O3/c1-14(26)24-19(11-15-6-3-2-4-7-15)21(28)25-18(20(23)27)12-16-8-5-9-17(10-16)13-22/h2-10,18-19H,11-12H2,1H3,(H2,23,27)(H,24,26)(H,25,28)/t18-,19-/m1/s1. The molecule has 28 heavy (non-hydrogen) atoms. The molecule has 0 aromatic heterocycles. The van der Waals surface area contributed by atoms with Gasteiger partial charge in [-0.25, -0.2) is 0 Å². The van der Waals surface area contributed by atoms with E-state index in [0.29, 0.717) is 11.1 Å². The molecule has 0 saturated heterocycles. The summed E-state index contributed by atoms with van der Waals surface area (Å²) >= 11 is 0. The molecule has 0 aliphatic heterocycles. The Morgan fingerprint density at radius 3 is 2.21 bits per heavy atom. The highest BCUT2D eigenvalue weighted by molar-refractivity contribution is 5.91. The molecular weight excluding hydrogens is 356 g/mol. The Bertz CT molecular complexity index is 890. The summed E-state index contributed by atoms with van der Waals surface area (Å²) in [6.07, 6.45) is 0.427. The maximum absolute atomic E-state index is 12.7. The van der Waals surface area contributed by atoms with Crippen LogP contribution in [0.1, 0.15) is 23.6 Å². The van der Waals surface area contributed by atoms with E-state index in [1.807, 2.05) is 36.4 Å². The second-order valence-corrected chi connectivity index (χ2v) is 6.42. The first-order valence-corrected chi connectivity index (χ1v) is 8.79. The Morgan fingerprint density at radius 1 is 0.964 bits per heavy atom. The minimum absolute atomic E-state index is 0.148. The fraction of sp³-hybridized carbons (Fsp3) is 0.238. The van der Waals surface area contributed by atoms with Crippen molar-refractivity contribution in [1.82, 2.24) is 10.6 Å². The maximum atomic E-state index is 12.7. The van der Waals surface area contributed by atoms with Crippen LogP contribution in [0.15, 0.2) is 54.6 Å². The molecule has 4 N–H and O–H groups in total. The second-order valence-electron chi connectivity index (χ2n) is 6.42. The third kappa shape index (κ3) is 6.25. The maximum Gasteiger partial charge on any atom is 0.243 e. The Balaban J connectivity index is 2.13. The number of hydrogen-bond donors (Lipinski definition) is 3. The van der Waals surface area contributed by atoms with Crippen molar-refractivity contribution in [3.05, 3.63) is 71.3 Å². The molecule has 2 aromatic rings. The largest absolute Gasteiger partial charge is 0.368 e. The zero-order valence-corrected chi connectivity index (χ0v) is 15.5. The lowest BCUT2D eigenvalue weighted by molar-refractivity contribution is -0.130. The Hall–Kier alpha value is -3.66. The quantitative estimate of drug-likeness (QED) is 0.629. The van der Waals surface area contributed by atoms with Gasteiger partial charge in [0.2, 0.25) is 17.7 Å². The van der Waals surface area contributed by atoms with Crippen LogP contribution in [-0.2, 0) is 27.2 Å². The van der Waals surface area contributed by atoms with Crippen LogP contribution in [0.2, 0.25) is 0 Å². The molecule has 0 spiro atoms. The summed E-state index contributed by atoms with van der Waals surface area (Å²) < 4.78 is 0. The van der Waals surface area contributed by atoms with Crippen LogP contribution in [0, 0.1) is 11.3 Å². The molecule has 0 heterocycles. The summed E-state index contributed by atoms with van der Waals surface area (Å²) in [5, 5.41) is 14.2. The van der Waals surface area contributed by atoms with Gasteiger partial charge in [-0.05, 0) is 23.3 Å². The highest BCUT2D eigenvalue weighted by Gasteiger charge is 2.25. The number of rotatable bonds is 8. The number of nitrogens with two attached hydrogens (primary N) is 1. The van der Waals surface area contributed by atoms with Crippen molar-refractivity contribution >= 4 is 17.7 Å². The Labute approximate surface area is 163 Å². The monoisotopic (exact) mass is 378 g/mol. The van der Waals surface area contributed by atoms with Crippen LogP contribution in [0.3, 0.4) is 0 Å². The number of amides is 3. The third-order valence-electron chi connectivity index (χ3n) is 4.13. The zero-order valence-electron chi connectivity index (χ0n) is 15.5. The predicted octanol–water partition coefficient (Wildman–Crippen LogP) is 0.818. The van der Waals surface area contributed by atoms with Gasteiger partial charge in [0.15, 0.2) is 0 Å². The van der Waals surface area contributed by atoms with Crippen molar-refractivity contribution in [3.63, 3.8) is 0 Å². The molecule has 0 bridgehead atoms. The van der Waals surface area contributed by atoms with E-state index < -0.39 is 23.9 Å². The number of nitriles is 1.